The van der Waals surface area contributed by atoms with Crippen LogP contribution in [0.5, 0.6) is 0 Å². The van der Waals surface area contributed by atoms with Crippen molar-refractivity contribution in [1.29, 1.82) is 0 Å². The van der Waals surface area contributed by atoms with Gasteiger partial charge >= 0.3 is 0 Å². The molecule has 49 heavy (non-hydrogen) atoms. The van der Waals surface area contributed by atoms with Crippen LogP contribution in [0.2, 0.25) is 0 Å². The van der Waals surface area contributed by atoms with Crippen molar-refractivity contribution in [1.82, 2.24) is 14.5 Å². The van der Waals surface area contributed by atoms with E-state index in [4.69, 9.17) is 0 Å². The lowest BCUT2D eigenvalue weighted by molar-refractivity contribution is -0.146. The Morgan fingerprint density at radius 1 is 0.857 bits per heavy atom. The summed E-state index contributed by atoms with van der Waals surface area (Å²) in [5.41, 5.74) is -0.686. The zero-order valence-corrected chi connectivity index (χ0v) is 30.9. The minimum atomic E-state index is -3.48. The van der Waals surface area contributed by atoms with Crippen LogP contribution in [0.3, 0.4) is 0 Å². The van der Waals surface area contributed by atoms with Crippen molar-refractivity contribution in [3.63, 3.8) is 0 Å². The third-order valence-electron chi connectivity index (χ3n) is 13.5. The number of amides is 2. The van der Waals surface area contributed by atoms with Crippen molar-refractivity contribution in [2.45, 2.75) is 153 Å². The average Bonchev–Trinajstić information content (AvgIpc) is 3.86. The minimum Gasteiger partial charge on any atom is -0.347 e. The summed E-state index contributed by atoms with van der Waals surface area (Å²) in [7, 11) is -1.85. The molecule has 0 aromatic rings. The number of ketones is 3. The van der Waals surface area contributed by atoms with Crippen molar-refractivity contribution in [3.8, 4) is 0 Å². The second-order valence-electron chi connectivity index (χ2n) is 17.3. The lowest BCUT2D eigenvalue weighted by atomic mass is 9.67. The van der Waals surface area contributed by atoms with Crippen LogP contribution in [0, 0.1) is 34.5 Å². The summed E-state index contributed by atoms with van der Waals surface area (Å²) < 4.78 is 28.2. The van der Waals surface area contributed by atoms with Crippen LogP contribution in [-0.2, 0) is 34.0 Å². The van der Waals surface area contributed by atoms with E-state index in [1.807, 2.05) is 0 Å². The number of sulfonamides is 1. The maximum absolute atomic E-state index is 14.5. The second-order valence-corrected chi connectivity index (χ2v) is 19.5. The van der Waals surface area contributed by atoms with Gasteiger partial charge in [0.05, 0.1) is 11.3 Å². The van der Waals surface area contributed by atoms with Gasteiger partial charge in [0.1, 0.15) is 5.78 Å². The maximum Gasteiger partial charge on any atom is 0.287 e. The molecule has 6 rings (SSSR count). The average molecular weight is 702 g/mol. The third kappa shape index (κ3) is 7.58. The number of hydrogen-bond donors (Lipinski definition) is 1. The van der Waals surface area contributed by atoms with Gasteiger partial charge in [-0.25, -0.2) is 12.7 Å². The molecule has 3 aliphatic heterocycles. The number of Topliss-reactive ketones (excluding diaryl/α,β-unsaturated/α-hetero) is 3. The highest BCUT2D eigenvalue weighted by Gasteiger charge is 2.69. The largest absolute Gasteiger partial charge is 0.347 e. The van der Waals surface area contributed by atoms with E-state index in [1.54, 1.807) is 11.9 Å². The fourth-order valence-corrected chi connectivity index (χ4v) is 12.4. The van der Waals surface area contributed by atoms with E-state index in [-0.39, 0.29) is 60.0 Å². The smallest absolute Gasteiger partial charge is 0.287 e. The summed E-state index contributed by atoms with van der Waals surface area (Å²) >= 11 is 0. The molecule has 11 heteroatoms. The summed E-state index contributed by atoms with van der Waals surface area (Å²) in [4.78, 5) is 70.8. The molecular weight excluding hydrogens is 642 g/mol. The molecule has 6 aliphatic rings. The number of nitrogens with zero attached hydrogens (tertiary/aromatic N) is 2. The van der Waals surface area contributed by atoms with Crippen LogP contribution in [0.25, 0.3) is 0 Å². The molecule has 10 nitrogen and oxygen atoms in total. The fraction of sp³-hybridized carbons (Fsp3) is 0.868. The number of piperidine rings is 1. The number of carbonyl (C=O) groups is 5. The SMILES string of the molecule is CN1CC[C@@H](C2(CC(=O)C[C@H]3CCCCCCCC[C@@H](C(=O)C(=O)NC4CC4)CC(=O)[C@@H]4[C@@H]5[C@H](CN4C3=O)C5(C)C)CCCCC2)S1(=O)=O. The molecule has 1 N–H and O–H groups in total. The van der Waals surface area contributed by atoms with Gasteiger partial charge in [-0.15, -0.1) is 0 Å². The maximum atomic E-state index is 14.5. The monoisotopic (exact) mass is 701 g/mol. The first kappa shape index (κ1) is 36.6. The molecule has 3 aliphatic carbocycles. The third-order valence-corrected chi connectivity index (χ3v) is 16.0. The Kier molecular flexibility index (Phi) is 10.8. The Morgan fingerprint density at radius 2 is 1.49 bits per heavy atom. The van der Waals surface area contributed by atoms with Gasteiger partial charge in [0.2, 0.25) is 21.7 Å². The first-order valence-corrected chi connectivity index (χ1v) is 20.9. The lowest BCUT2D eigenvalue weighted by Gasteiger charge is -2.41. The highest BCUT2D eigenvalue weighted by molar-refractivity contribution is 7.90. The van der Waals surface area contributed by atoms with E-state index in [9.17, 15) is 32.4 Å². The lowest BCUT2D eigenvalue weighted by Crippen LogP contribution is -2.49. The van der Waals surface area contributed by atoms with Gasteiger partial charge in [-0.3, -0.25) is 24.0 Å². The zero-order valence-electron chi connectivity index (χ0n) is 30.1. The Morgan fingerprint density at radius 3 is 2.12 bits per heavy atom. The van der Waals surface area contributed by atoms with Gasteiger partial charge in [-0.05, 0) is 67.6 Å². The molecule has 3 saturated carbocycles. The summed E-state index contributed by atoms with van der Waals surface area (Å²) in [6, 6.07) is -0.595. The standard InChI is InChI=1S/C38H59N3O7S/c1-37(2)29-24-41-33(32(29)37)30(43)22-25(34(44)35(45)39-27-15-16-27)13-9-6-4-5-7-10-14-26(36(41)46)21-28(42)23-38(18-11-8-12-19-38)31-17-20-40(3)49(31,47)48/h25-27,29,31-33H,4-24H2,1-3H3,(H,39,45)/t25-,26-,29+,31+,32+,33-/m1/s1. The van der Waals surface area contributed by atoms with Crippen molar-refractivity contribution in [2.24, 2.45) is 34.5 Å². The van der Waals surface area contributed by atoms with Crippen LogP contribution >= 0.6 is 0 Å². The van der Waals surface area contributed by atoms with Gasteiger partial charge in [-0.1, -0.05) is 71.6 Å². The molecule has 2 amide bonds. The number of fused-ring (bicyclic) bond motifs is 3. The number of rotatable bonds is 8. The molecule has 0 radical (unpaired) electrons. The van der Waals surface area contributed by atoms with Crippen molar-refractivity contribution in [2.75, 3.05) is 20.1 Å². The van der Waals surface area contributed by atoms with Gasteiger partial charge in [0.15, 0.2) is 5.78 Å². The second kappa shape index (κ2) is 14.5. The molecule has 6 fully saturated rings. The Bertz CT molecular complexity index is 1420. The highest BCUT2D eigenvalue weighted by atomic mass is 32.2. The topological polar surface area (TPSA) is 138 Å². The van der Waals surface area contributed by atoms with Crippen LogP contribution < -0.4 is 5.32 Å². The summed E-state index contributed by atoms with van der Waals surface area (Å²) in [5.74, 6) is -2.49. The molecule has 0 spiro atoms. The Hall–Kier alpha value is -2.14. The molecule has 0 bridgehead atoms. The molecular formula is C38H59N3O7S. The van der Waals surface area contributed by atoms with Gasteiger partial charge in [0, 0.05) is 57.3 Å². The first-order chi connectivity index (χ1) is 23.3. The molecule has 3 saturated heterocycles. The highest BCUT2D eigenvalue weighted by Crippen LogP contribution is 2.65. The quantitative estimate of drug-likeness (QED) is 0.353. The predicted molar refractivity (Wildman–Crippen MR) is 186 cm³/mol. The zero-order chi connectivity index (χ0) is 35.1. The van der Waals surface area contributed by atoms with Crippen LogP contribution in [0.4, 0.5) is 0 Å². The molecule has 0 aromatic carbocycles. The summed E-state index contributed by atoms with van der Waals surface area (Å²) in [6.07, 6.45) is 13.2. The normalized spacial score (nSPS) is 35.0. The van der Waals surface area contributed by atoms with E-state index >= 15 is 0 Å². The Labute approximate surface area is 293 Å². The molecule has 0 unspecified atom stereocenters. The van der Waals surface area contributed by atoms with Crippen LogP contribution in [-0.4, -0.2) is 84.3 Å². The predicted octanol–water partition coefficient (Wildman–Crippen LogP) is 4.98. The van der Waals surface area contributed by atoms with E-state index in [0.717, 1.165) is 83.5 Å². The molecule has 6 atom stereocenters. The molecule has 0 aromatic heterocycles. The number of hydrogen-bond acceptors (Lipinski definition) is 7. The van der Waals surface area contributed by atoms with E-state index in [2.05, 4.69) is 19.2 Å². The van der Waals surface area contributed by atoms with Gasteiger partial charge in [0.25, 0.3) is 5.91 Å². The van der Waals surface area contributed by atoms with Crippen molar-refractivity contribution < 1.29 is 32.4 Å². The minimum absolute atomic E-state index is 0.00194. The number of nitrogens with one attached hydrogen (secondary N) is 1. The van der Waals surface area contributed by atoms with Crippen molar-refractivity contribution >= 4 is 39.2 Å². The van der Waals surface area contributed by atoms with Gasteiger partial charge < -0.3 is 10.2 Å². The van der Waals surface area contributed by atoms with E-state index in [1.165, 1.54) is 4.31 Å². The van der Waals surface area contributed by atoms with E-state index in [0.29, 0.717) is 32.4 Å². The first-order valence-electron chi connectivity index (χ1n) is 19.4. The van der Waals surface area contributed by atoms with E-state index < -0.39 is 50.3 Å². The summed E-state index contributed by atoms with van der Waals surface area (Å²) in [5, 5.41) is 2.25. The summed E-state index contributed by atoms with van der Waals surface area (Å²) in [6.45, 7) is 5.22. The molecule has 3 heterocycles. The van der Waals surface area contributed by atoms with Crippen LogP contribution in [0.15, 0.2) is 0 Å². The fourth-order valence-electron chi connectivity index (χ4n) is 10.3. The van der Waals surface area contributed by atoms with Gasteiger partial charge in [-0.2, -0.15) is 0 Å². The van der Waals surface area contributed by atoms with Crippen LogP contribution in [0.1, 0.15) is 136 Å². The molecule has 274 valence electrons. The van der Waals surface area contributed by atoms with Crippen molar-refractivity contribution in [3.05, 3.63) is 0 Å². The Balaban J connectivity index is 1.22. The number of carbonyl (C=O) groups excluding carboxylic acids is 5.